The molecule has 2 atom stereocenters. The summed E-state index contributed by atoms with van der Waals surface area (Å²) >= 11 is -1.20. The minimum atomic E-state index is -1.20. The topological polar surface area (TPSA) is 66.3 Å². The molecule has 0 radical (unpaired) electrons. The van der Waals surface area contributed by atoms with Crippen LogP contribution in [-0.2, 0) is 16.1 Å². The Bertz CT molecular complexity index is 756. The van der Waals surface area contributed by atoms with Gasteiger partial charge < -0.3 is 9.29 Å². The first-order chi connectivity index (χ1) is 11.4. The van der Waals surface area contributed by atoms with Gasteiger partial charge in [0.15, 0.2) is 0 Å². The summed E-state index contributed by atoms with van der Waals surface area (Å²) < 4.78 is 22.2. The van der Waals surface area contributed by atoms with E-state index in [0.29, 0.717) is 0 Å². The molecule has 1 unspecified atom stereocenters. The second-order valence-corrected chi connectivity index (χ2v) is 10.2. The molecule has 0 aliphatic rings. The lowest BCUT2D eigenvalue weighted by atomic mass is 10.1. The summed E-state index contributed by atoms with van der Waals surface area (Å²) in [6.45, 7) is 13.2. The number of benzene rings is 1. The number of hydrogen-bond acceptors (Lipinski definition) is 4. The first-order valence-corrected chi connectivity index (χ1v) is 9.56. The zero-order chi connectivity index (χ0) is 19.0. The van der Waals surface area contributed by atoms with E-state index in [1.165, 1.54) is 4.57 Å². The van der Waals surface area contributed by atoms with Crippen LogP contribution in [0.25, 0.3) is 10.9 Å². The average Bonchev–Trinajstić information content (AvgIpc) is 2.84. The molecule has 0 saturated carbocycles. The van der Waals surface area contributed by atoms with E-state index < -0.39 is 23.1 Å². The van der Waals surface area contributed by atoms with Crippen molar-refractivity contribution in [2.45, 2.75) is 64.9 Å². The van der Waals surface area contributed by atoms with Crippen molar-refractivity contribution in [2.24, 2.45) is 0 Å². The smallest absolute Gasteiger partial charge is 0.419 e. The van der Waals surface area contributed by atoms with Gasteiger partial charge >= 0.3 is 6.09 Å². The Morgan fingerprint density at radius 2 is 1.80 bits per heavy atom. The SMILES string of the molecule is CC(N[S@@+]([O-])C(C)(C)C)c1cn(C(=O)OC(C)(C)C)c2ccccc12. The zero-order valence-electron chi connectivity index (χ0n) is 16.0. The predicted molar refractivity (Wildman–Crippen MR) is 103 cm³/mol. The lowest BCUT2D eigenvalue weighted by Crippen LogP contribution is -2.40. The van der Waals surface area contributed by atoms with Crippen LogP contribution in [0, 0.1) is 0 Å². The van der Waals surface area contributed by atoms with Crippen molar-refractivity contribution in [1.29, 1.82) is 0 Å². The molecule has 6 heteroatoms. The van der Waals surface area contributed by atoms with Crippen LogP contribution in [0.3, 0.4) is 0 Å². The Kier molecular flexibility index (Phi) is 5.56. The van der Waals surface area contributed by atoms with E-state index in [9.17, 15) is 9.35 Å². The van der Waals surface area contributed by atoms with Crippen LogP contribution in [0.4, 0.5) is 4.79 Å². The van der Waals surface area contributed by atoms with Gasteiger partial charge in [0, 0.05) is 22.9 Å². The number of carbonyl (C=O) groups excluding carboxylic acids is 1. The van der Waals surface area contributed by atoms with Crippen molar-refractivity contribution in [3.8, 4) is 0 Å². The summed E-state index contributed by atoms with van der Waals surface area (Å²) in [5.74, 6) is 0. The van der Waals surface area contributed by atoms with Gasteiger partial charge in [0.25, 0.3) is 0 Å². The van der Waals surface area contributed by atoms with E-state index in [4.69, 9.17) is 4.74 Å². The predicted octanol–water partition coefficient (Wildman–Crippen LogP) is 4.54. The van der Waals surface area contributed by atoms with Crippen LogP contribution in [0.1, 0.15) is 60.1 Å². The summed E-state index contributed by atoms with van der Waals surface area (Å²) in [4.78, 5) is 12.6. The largest absolute Gasteiger partial charge is 0.598 e. The number of fused-ring (bicyclic) bond motifs is 1. The summed E-state index contributed by atoms with van der Waals surface area (Å²) in [6, 6.07) is 7.49. The fraction of sp³-hybridized carbons (Fsp3) is 0.526. The quantitative estimate of drug-likeness (QED) is 0.812. The lowest BCUT2D eigenvalue weighted by Gasteiger charge is -2.26. The van der Waals surface area contributed by atoms with Gasteiger partial charge in [-0.3, -0.25) is 4.57 Å². The number of nitrogens with one attached hydrogen (secondary N) is 1. The number of carbonyl (C=O) groups is 1. The normalized spacial score (nSPS) is 15.2. The Labute approximate surface area is 153 Å². The molecule has 0 saturated heterocycles. The van der Waals surface area contributed by atoms with Crippen LogP contribution in [0.15, 0.2) is 30.5 Å². The maximum Gasteiger partial charge on any atom is 0.419 e. The number of ether oxygens (including phenoxy) is 1. The molecule has 2 rings (SSSR count). The van der Waals surface area contributed by atoms with Crippen molar-refractivity contribution in [2.75, 3.05) is 0 Å². The van der Waals surface area contributed by atoms with Crippen LogP contribution in [0.5, 0.6) is 0 Å². The molecule has 2 aromatic rings. The van der Waals surface area contributed by atoms with E-state index in [0.717, 1.165) is 16.5 Å². The number of para-hydroxylation sites is 1. The molecule has 1 aromatic carbocycles. The van der Waals surface area contributed by atoms with E-state index in [2.05, 4.69) is 4.72 Å². The van der Waals surface area contributed by atoms with Crippen LogP contribution < -0.4 is 4.72 Å². The molecule has 0 spiro atoms. The highest BCUT2D eigenvalue weighted by Gasteiger charge is 2.30. The molecule has 0 aliphatic carbocycles. The van der Waals surface area contributed by atoms with Crippen molar-refractivity contribution < 1.29 is 14.1 Å². The molecule has 138 valence electrons. The number of nitrogens with zero attached hydrogens (tertiary/aromatic N) is 1. The molecule has 1 aromatic heterocycles. The Morgan fingerprint density at radius 3 is 2.36 bits per heavy atom. The number of rotatable bonds is 3. The lowest BCUT2D eigenvalue weighted by molar-refractivity contribution is 0.0544. The molecular weight excluding hydrogens is 336 g/mol. The minimum absolute atomic E-state index is 0.173. The highest BCUT2D eigenvalue weighted by Crippen LogP contribution is 2.29. The molecule has 25 heavy (non-hydrogen) atoms. The standard InChI is InChI=1S/C19H28N2O3S/c1-13(20-25(23)19(5,6)7)15-12-21(17(22)24-18(2,3)4)16-11-9-8-10-14(15)16/h8-13,20H,1-7H3/t13?,25-/m0/s1. The Hall–Kier alpha value is -1.50. The minimum Gasteiger partial charge on any atom is -0.598 e. The van der Waals surface area contributed by atoms with Gasteiger partial charge in [-0.2, -0.15) is 0 Å². The van der Waals surface area contributed by atoms with Gasteiger partial charge in [0.05, 0.1) is 11.6 Å². The third kappa shape index (κ3) is 4.77. The summed E-state index contributed by atoms with van der Waals surface area (Å²) in [5.41, 5.74) is 1.13. The third-order valence-corrected chi connectivity index (χ3v) is 5.32. The van der Waals surface area contributed by atoms with E-state index in [1.54, 1.807) is 6.20 Å². The molecule has 0 amide bonds. The fourth-order valence-electron chi connectivity index (χ4n) is 2.41. The second-order valence-electron chi connectivity index (χ2n) is 8.17. The van der Waals surface area contributed by atoms with Crippen molar-refractivity contribution in [3.63, 3.8) is 0 Å². The van der Waals surface area contributed by atoms with E-state index >= 15 is 0 Å². The van der Waals surface area contributed by atoms with Gasteiger partial charge in [-0.25, -0.2) is 4.79 Å². The maximum atomic E-state index is 12.6. The number of aromatic nitrogens is 1. The molecule has 0 aliphatic heterocycles. The van der Waals surface area contributed by atoms with Crippen LogP contribution in [-0.4, -0.2) is 25.6 Å². The van der Waals surface area contributed by atoms with Crippen molar-refractivity contribution in [3.05, 3.63) is 36.0 Å². The van der Waals surface area contributed by atoms with Gasteiger partial charge in [0.1, 0.15) is 10.3 Å². The average molecular weight is 365 g/mol. The number of hydrogen-bond donors (Lipinski definition) is 1. The van der Waals surface area contributed by atoms with Gasteiger partial charge in [-0.1, -0.05) is 18.2 Å². The van der Waals surface area contributed by atoms with Gasteiger partial charge in [-0.05, 0) is 60.1 Å². The summed E-state index contributed by atoms with van der Waals surface area (Å²) in [5, 5.41) is 0.944. The van der Waals surface area contributed by atoms with Crippen molar-refractivity contribution >= 4 is 28.4 Å². The van der Waals surface area contributed by atoms with Gasteiger partial charge in [-0.15, -0.1) is 4.72 Å². The monoisotopic (exact) mass is 364 g/mol. The first-order valence-electron chi connectivity index (χ1n) is 8.41. The third-order valence-electron chi connectivity index (χ3n) is 3.64. The van der Waals surface area contributed by atoms with Gasteiger partial charge in [0.2, 0.25) is 0 Å². The van der Waals surface area contributed by atoms with E-state index in [-0.39, 0.29) is 10.8 Å². The van der Waals surface area contributed by atoms with E-state index in [1.807, 2.05) is 72.7 Å². The molecule has 0 bridgehead atoms. The van der Waals surface area contributed by atoms with Crippen LogP contribution in [0.2, 0.25) is 0 Å². The Morgan fingerprint density at radius 1 is 1.20 bits per heavy atom. The molecule has 1 N–H and O–H groups in total. The first kappa shape index (κ1) is 19.8. The van der Waals surface area contributed by atoms with Crippen molar-refractivity contribution in [1.82, 2.24) is 9.29 Å². The molecule has 5 nitrogen and oxygen atoms in total. The molecule has 1 heterocycles. The fourth-order valence-corrected chi connectivity index (χ4v) is 3.22. The Balaban J connectivity index is 2.40. The molecular formula is C19H28N2O3S. The molecule has 0 fully saturated rings. The highest BCUT2D eigenvalue weighted by molar-refractivity contribution is 7.90. The maximum absolute atomic E-state index is 12.6. The zero-order valence-corrected chi connectivity index (χ0v) is 16.9. The summed E-state index contributed by atoms with van der Waals surface area (Å²) in [7, 11) is 0. The summed E-state index contributed by atoms with van der Waals surface area (Å²) in [6.07, 6.45) is 1.36. The highest BCUT2D eigenvalue weighted by atomic mass is 32.2. The second kappa shape index (κ2) is 7.02. The van der Waals surface area contributed by atoms with Crippen LogP contribution >= 0.6 is 0 Å².